The molecule has 1 aromatic carbocycles. The summed E-state index contributed by atoms with van der Waals surface area (Å²) in [7, 11) is 0. The van der Waals surface area contributed by atoms with Crippen LogP contribution >= 0.6 is 0 Å². The minimum absolute atomic E-state index is 0.0878. The molecule has 8 heteroatoms. The van der Waals surface area contributed by atoms with Crippen LogP contribution in [0.3, 0.4) is 0 Å². The Morgan fingerprint density at radius 2 is 2.24 bits per heavy atom. The van der Waals surface area contributed by atoms with Crippen molar-refractivity contribution in [2.75, 3.05) is 0 Å². The summed E-state index contributed by atoms with van der Waals surface area (Å²) in [4.78, 5) is 12.1. The standard InChI is InChI=1S/C17H18FN5O2/c1-2-23-10-12(9-20-23)8-19-17(24)15-7-13(21-22-15)11-25-16-6-4-3-5-14(16)18/h3-7,9-10H,2,8,11H2,1H3,(H,19,24)(H,21,22). The molecule has 0 aliphatic rings. The van der Waals surface area contributed by atoms with E-state index in [0.29, 0.717) is 12.2 Å². The third-order valence-corrected chi connectivity index (χ3v) is 3.55. The van der Waals surface area contributed by atoms with E-state index in [1.54, 1.807) is 29.1 Å². The zero-order valence-electron chi connectivity index (χ0n) is 13.7. The summed E-state index contributed by atoms with van der Waals surface area (Å²) >= 11 is 0. The van der Waals surface area contributed by atoms with Gasteiger partial charge in [0.1, 0.15) is 12.3 Å². The summed E-state index contributed by atoms with van der Waals surface area (Å²) in [5.41, 5.74) is 1.73. The highest BCUT2D eigenvalue weighted by Gasteiger charge is 2.11. The van der Waals surface area contributed by atoms with Gasteiger partial charge < -0.3 is 10.1 Å². The molecule has 2 aromatic heterocycles. The number of H-pyrrole nitrogens is 1. The third-order valence-electron chi connectivity index (χ3n) is 3.55. The van der Waals surface area contributed by atoms with Crippen LogP contribution in [0.15, 0.2) is 42.7 Å². The number of carbonyl (C=O) groups is 1. The Labute approximate surface area is 143 Å². The molecule has 3 rings (SSSR count). The monoisotopic (exact) mass is 343 g/mol. The molecule has 0 saturated heterocycles. The zero-order chi connectivity index (χ0) is 17.6. The molecule has 130 valence electrons. The van der Waals surface area contributed by atoms with Crippen LogP contribution in [0.5, 0.6) is 5.75 Å². The van der Waals surface area contributed by atoms with Crippen molar-refractivity contribution >= 4 is 5.91 Å². The molecule has 0 spiro atoms. The lowest BCUT2D eigenvalue weighted by Crippen LogP contribution is -2.22. The first-order valence-electron chi connectivity index (χ1n) is 7.87. The first-order chi connectivity index (χ1) is 12.2. The predicted octanol–water partition coefficient (Wildman–Crippen LogP) is 2.27. The minimum Gasteiger partial charge on any atom is -0.484 e. The largest absolute Gasteiger partial charge is 0.484 e. The van der Waals surface area contributed by atoms with Crippen molar-refractivity contribution in [3.8, 4) is 5.75 Å². The fraction of sp³-hybridized carbons (Fsp3) is 0.235. The number of nitrogens with zero attached hydrogens (tertiary/aromatic N) is 3. The number of hydrogen-bond acceptors (Lipinski definition) is 4. The van der Waals surface area contributed by atoms with Gasteiger partial charge in [0.25, 0.3) is 5.91 Å². The fourth-order valence-electron chi connectivity index (χ4n) is 2.21. The summed E-state index contributed by atoms with van der Waals surface area (Å²) in [6.07, 6.45) is 3.58. The Morgan fingerprint density at radius 3 is 3.00 bits per heavy atom. The van der Waals surface area contributed by atoms with E-state index < -0.39 is 5.82 Å². The zero-order valence-corrected chi connectivity index (χ0v) is 13.7. The molecule has 0 atom stereocenters. The Morgan fingerprint density at radius 1 is 1.40 bits per heavy atom. The fourth-order valence-corrected chi connectivity index (χ4v) is 2.21. The molecule has 0 fully saturated rings. The maximum Gasteiger partial charge on any atom is 0.272 e. The van der Waals surface area contributed by atoms with E-state index in [0.717, 1.165) is 12.1 Å². The second-order valence-electron chi connectivity index (χ2n) is 5.38. The first kappa shape index (κ1) is 16.7. The number of aromatic nitrogens is 4. The van der Waals surface area contributed by atoms with Crippen molar-refractivity contribution in [3.63, 3.8) is 0 Å². The quantitative estimate of drug-likeness (QED) is 0.689. The normalized spacial score (nSPS) is 10.6. The lowest BCUT2D eigenvalue weighted by Gasteiger charge is -2.04. The van der Waals surface area contributed by atoms with Gasteiger partial charge in [-0.05, 0) is 25.1 Å². The molecular weight excluding hydrogens is 325 g/mol. The number of benzene rings is 1. The summed E-state index contributed by atoms with van der Waals surface area (Å²) in [6.45, 7) is 3.22. The Kier molecular flexibility index (Phi) is 5.08. The van der Waals surface area contributed by atoms with Crippen molar-refractivity contribution in [2.45, 2.75) is 26.6 Å². The van der Waals surface area contributed by atoms with Crippen molar-refractivity contribution in [1.82, 2.24) is 25.3 Å². The van der Waals surface area contributed by atoms with Gasteiger partial charge in [-0.25, -0.2) is 4.39 Å². The number of para-hydroxylation sites is 1. The van der Waals surface area contributed by atoms with Gasteiger partial charge in [0.2, 0.25) is 0 Å². The van der Waals surface area contributed by atoms with Crippen LogP contribution in [0.2, 0.25) is 0 Å². The van der Waals surface area contributed by atoms with E-state index in [1.807, 2.05) is 13.1 Å². The average molecular weight is 343 g/mol. The van der Waals surface area contributed by atoms with Gasteiger partial charge in [0, 0.05) is 24.8 Å². The van der Waals surface area contributed by atoms with Crippen molar-refractivity contribution in [3.05, 3.63) is 65.5 Å². The SMILES string of the molecule is CCn1cc(CNC(=O)c2cc(COc3ccccc3F)[nH]n2)cn1. The molecule has 0 bridgehead atoms. The Bertz CT molecular complexity index is 858. The summed E-state index contributed by atoms with van der Waals surface area (Å²) in [5, 5.41) is 13.6. The molecule has 0 saturated carbocycles. The molecule has 0 unspecified atom stereocenters. The molecule has 7 nitrogen and oxygen atoms in total. The minimum atomic E-state index is -0.437. The molecule has 1 amide bonds. The number of rotatable bonds is 7. The molecule has 0 aliphatic carbocycles. The summed E-state index contributed by atoms with van der Waals surface area (Å²) in [5.74, 6) is -0.596. The van der Waals surface area contributed by atoms with Crippen LogP contribution in [0.1, 0.15) is 28.7 Å². The number of amides is 1. The van der Waals surface area contributed by atoms with Crippen molar-refractivity contribution < 1.29 is 13.9 Å². The molecule has 0 aliphatic heterocycles. The third kappa shape index (κ3) is 4.23. The molecule has 2 N–H and O–H groups in total. The second-order valence-corrected chi connectivity index (χ2v) is 5.38. The Balaban J connectivity index is 1.53. The molecule has 3 aromatic rings. The van der Waals surface area contributed by atoms with E-state index in [4.69, 9.17) is 4.74 Å². The number of nitrogens with one attached hydrogen (secondary N) is 2. The smallest absolute Gasteiger partial charge is 0.272 e. The van der Waals surface area contributed by atoms with Gasteiger partial charge in [-0.15, -0.1) is 0 Å². The molecule has 2 heterocycles. The van der Waals surface area contributed by atoms with Crippen molar-refractivity contribution in [1.29, 1.82) is 0 Å². The van der Waals surface area contributed by atoms with Gasteiger partial charge in [0.05, 0.1) is 11.9 Å². The highest BCUT2D eigenvalue weighted by atomic mass is 19.1. The van der Waals surface area contributed by atoms with Gasteiger partial charge in [0.15, 0.2) is 11.6 Å². The Hall–Kier alpha value is -3.16. The predicted molar refractivity (Wildman–Crippen MR) is 88.4 cm³/mol. The average Bonchev–Trinajstić information content (AvgIpc) is 3.28. The van der Waals surface area contributed by atoms with E-state index in [2.05, 4.69) is 20.6 Å². The number of ether oxygens (including phenoxy) is 1. The van der Waals surface area contributed by atoms with Crippen LogP contribution in [-0.2, 0) is 19.7 Å². The number of carbonyl (C=O) groups excluding carboxylic acids is 1. The molecule has 25 heavy (non-hydrogen) atoms. The van der Waals surface area contributed by atoms with E-state index in [-0.39, 0.29) is 24.0 Å². The van der Waals surface area contributed by atoms with E-state index in [9.17, 15) is 9.18 Å². The number of halogens is 1. The number of hydrogen-bond donors (Lipinski definition) is 2. The van der Waals surface area contributed by atoms with E-state index >= 15 is 0 Å². The van der Waals surface area contributed by atoms with Crippen LogP contribution < -0.4 is 10.1 Å². The highest BCUT2D eigenvalue weighted by molar-refractivity contribution is 5.92. The number of aromatic amines is 1. The van der Waals surface area contributed by atoms with E-state index in [1.165, 1.54) is 12.1 Å². The lowest BCUT2D eigenvalue weighted by atomic mass is 10.3. The van der Waals surface area contributed by atoms with Gasteiger partial charge >= 0.3 is 0 Å². The van der Waals surface area contributed by atoms with Gasteiger partial charge in [-0.1, -0.05) is 12.1 Å². The maximum atomic E-state index is 13.5. The van der Waals surface area contributed by atoms with Gasteiger partial charge in [-0.3, -0.25) is 14.6 Å². The molecule has 0 radical (unpaired) electrons. The van der Waals surface area contributed by atoms with Crippen LogP contribution in [0.4, 0.5) is 4.39 Å². The van der Waals surface area contributed by atoms with Crippen LogP contribution in [0.25, 0.3) is 0 Å². The van der Waals surface area contributed by atoms with Crippen molar-refractivity contribution in [2.24, 2.45) is 0 Å². The number of aryl methyl sites for hydroxylation is 1. The van der Waals surface area contributed by atoms with Gasteiger partial charge in [-0.2, -0.15) is 10.2 Å². The maximum absolute atomic E-state index is 13.5. The highest BCUT2D eigenvalue weighted by Crippen LogP contribution is 2.16. The second kappa shape index (κ2) is 7.61. The van der Waals surface area contributed by atoms with Crippen LogP contribution in [0, 0.1) is 5.82 Å². The lowest BCUT2D eigenvalue weighted by molar-refractivity contribution is 0.0946. The summed E-state index contributed by atoms with van der Waals surface area (Å²) < 4.78 is 20.7. The topological polar surface area (TPSA) is 84.8 Å². The summed E-state index contributed by atoms with van der Waals surface area (Å²) in [6, 6.07) is 7.71. The van der Waals surface area contributed by atoms with Crippen LogP contribution in [-0.4, -0.2) is 25.9 Å². The molecular formula is C17H18FN5O2. The first-order valence-corrected chi connectivity index (χ1v) is 7.87.